The van der Waals surface area contributed by atoms with E-state index in [2.05, 4.69) is 10.6 Å². The van der Waals surface area contributed by atoms with E-state index < -0.39 is 11.9 Å². The van der Waals surface area contributed by atoms with E-state index in [4.69, 9.17) is 10.4 Å². The highest BCUT2D eigenvalue weighted by Crippen LogP contribution is 2.17. The van der Waals surface area contributed by atoms with Crippen LogP contribution in [0.25, 0.3) is 0 Å². The van der Waals surface area contributed by atoms with Crippen LogP contribution in [-0.2, 0) is 9.59 Å². The molecule has 0 bridgehead atoms. The Morgan fingerprint density at radius 3 is 2.63 bits per heavy atom. The van der Waals surface area contributed by atoms with Crippen LogP contribution in [0.3, 0.4) is 0 Å². The van der Waals surface area contributed by atoms with Crippen molar-refractivity contribution in [1.29, 1.82) is 5.26 Å². The summed E-state index contributed by atoms with van der Waals surface area (Å²) in [6.45, 7) is 0.258. The molecule has 1 aliphatic rings. The number of carboxylic acids is 1. The minimum Gasteiger partial charge on any atom is -0.481 e. The van der Waals surface area contributed by atoms with Crippen LogP contribution in [0.5, 0.6) is 0 Å². The van der Waals surface area contributed by atoms with Gasteiger partial charge in [-0.2, -0.15) is 5.26 Å². The first-order chi connectivity index (χ1) is 9.13. The summed E-state index contributed by atoms with van der Waals surface area (Å²) in [6, 6.07) is 2.20. The maximum absolute atomic E-state index is 11.6. The highest BCUT2D eigenvalue weighted by Gasteiger charge is 2.14. The molecule has 1 fully saturated rings. The zero-order chi connectivity index (χ0) is 14.1. The normalized spacial score (nSPS) is 15.8. The Labute approximate surface area is 112 Å². The third-order valence-corrected chi connectivity index (χ3v) is 3.04. The Morgan fingerprint density at radius 1 is 1.37 bits per heavy atom. The third kappa shape index (κ3) is 5.91. The van der Waals surface area contributed by atoms with E-state index >= 15 is 0 Å². The first-order valence-corrected chi connectivity index (χ1v) is 6.50. The maximum atomic E-state index is 11.6. The second kappa shape index (κ2) is 8.14. The zero-order valence-electron chi connectivity index (χ0n) is 10.8. The molecular formula is C13H19N3O3. The second-order valence-electron chi connectivity index (χ2n) is 4.57. The van der Waals surface area contributed by atoms with Crippen molar-refractivity contribution in [3.8, 4) is 6.07 Å². The Kier molecular flexibility index (Phi) is 6.44. The van der Waals surface area contributed by atoms with Gasteiger partial charge in [-0.05, 0) is 19.3 Å². The van der Waals surface area contributed by atoms with Crippen molar-refractivity contribution in [2.24, 2.45) is 0 Å². The number of hydrogen-bond acceptors (Lipinski definition) is 4. The molecule has 0 aromatic carbocycles. The zero-order valence-corrected chi connectivity index (χ0v) is 10.8. The number of carbonyl (C=O) groups excluding carboxylic acids is 1. The van der Waals surface area contributed by atoms with Gasteiger partial charge in [0.15, 0.2) is 0 Å². The summed E-state index contributed by atoms with van der Waals surface area (Å²) in [4.78, 5) is 21.9. The highest BCUT2D eigenvalue weighted by molar-refractivity contribution is 5.97. The molecule has 6 nitrogen and oxygen atoms in total. The number of hydrogen-bond donors (Lipinski definition) is 3. The van der Waals surface area contributed by atoms with Crippen molar-refractivity contribution in [1.82, 2.24) is 10.6 Å². The first kappa shape index (κ1) is 15.0. The lowest BCUT2D eigenvalue weighted by Crippen LogP contribution is -2.28. The molecule has 1 rings (SSSR count). The molecule has 0 saturated heterocycles. The van der Waals surface area contributed by atoms with E-state index in [0.717, 1.165) is 12.8 Å². The molecule has 1 aliphatic carbocycles. The summed E-state index contributed by atoms with van der Waals surface area (Å²) >= 11 is 0. The minimum absolute atomic E-state index is 0.00616. The molecule has 0 aromatic heterocycles. The lowest BCUT2D eigenvalue weighted by Gasteiger charge is -2.09. The molecule has 0 atom stereocenters. The number of carboxylic acid groups (broad SMARTS) is 1. The topological polar surface area (TPSA) is 102 Å². The largest absolute Gasteiger partial charge is 0.481 e. The number of nitrogens with one attached hydrogen (secondary N) is 2. The summed E-state index contributed by atoms with van der Waals surface area (Å²) in [5.41, 5.74) is 0.0298. The number of amides is 1. The van der Waals surface area contributed by atoms with Gasteiger partial charge in [0, 0.05) is 25.2 Å². The Bertz CT molecular complexity index is 392. The van der Waals surface area contributed by atoms with Crippen LogP contribution in [-0.4, -0.2) is 29.6 Å². The Balaban J connectivity index is 2.32. The summed E-state index contributed by atoms with van der Waals surface area (Å²) in [5, 5.41) is 23.0. The van der Waals surface area contributed by atoms with Crippen LogP contribution in [0.15, 0.2) is 11.8 Å². The lowest BCUT2D eigenvalue weighted by atomic mass is 10.2. The van der Waals surface area contributed by atoms with Gasteiger partial charge in [-0.1, -0.05) is 12.8 Å². The van der Waals surface area contributed by atoms with Crippen molar-refractivity contribution < 1.29 is 14.7 Å². The first-order valence-electron chi connectivity index (χ1n) is 6.50. The van der Waals surface area contributed by atoms with Gasteiger partial charge in [0.2, 0.25) is 0 Å². The molecule has 6 heteroatoms. The van der Waals surface area contributed by atoms with Crippen LogP contribution in [0, 0.1) is 11.3 Å². The fourth-order valence-corrected chi connectivity index (χ4v) is 1.98. The maximum Gasteiger partial charge on any atom is 0.303 e. The molecule has 0 heterocycles. The van der Waals surface area contributed by atoms with Gasteiger partial charge in [0.1, 0.15) is 11.6 Å². The quantitative estimate of drug-likeness (QED) is 0.361. The Hall–Kier alpha value is -2.03. The van der Waals surface area contributed by atoms with E-state index in [0.29, 0.717) is 12.5 Å². The molecule has 104 valence electrons. The number of rotatable bonds is 7. The van der Waals surface area contributed by atoms with Gasteiger partial charge in [0.25, 0.3) is 5.91 Å². The molecule has 0 aliphatic heterocycles. The Morgan fingerprint density at radius 2 is 2.05 bits per heavy atom. The minimum atomic E-state index is -0.895. The molecule has 1 saturated carbocycles. The molecular weight excluding hydrogens is 246 g/mol. The van der Waals surface area contributed by atoms with Crippen molar-refractivity contribution >= 4 is 11.9 Å². The predicted octanol–water partition coefficient (Wildman–Crippen LogP) is 0.907. The van der Waals surface area contributed by atoms with E-state index in [1.54, 1.807) is 0 Å². The molecule has 1 amide bonds. The molecule has 19 heavy (non-hydrogen) atoms. The van der Waals surface area contributed by atoms with Crippen LogP contribution >= 0.6 is 0 Å². The molecule has 0 spiro atoms. The molecule has 0 aromatic rings. The number of nitriles is 1. The lowest BCUT2D eigenvalue weighted by molar-refractivity contribution is -0.137. The predicted molar refractivity (Wildman–Crippen MR) is 69.0 cm³/mol. The van der Waals surface area contributed by atoms with Gasteiger partial charge in [-0.3, -0.25) is 9.59 Å². The molecule has 0 unspecified atom stereocenters. The van der Waals surface area contributed by atoms with E-state index in [-0.39, 0.29) is 18.5 Å². The standard InChI is InChI=1S/C13H19N3O3/c14-8-10(9-16-11-4-1-2-5-11)13(19)15-7-3-6-12(17)18/h9,11,16H,1-7H2,(H,15,19)(H,17,18)/b10-9-. The monoisotopic (exact) mass is 265 g/mol. The van der Waals surface area contributed by atoms with Crippen LogP contribution in [0.1, 0.15) is 38.5 Å². The number of nitrogens with zero attached hydrogens (tertiary/aromatic N) is 1. The van der Waals surface area contributed by atoms with Crippen molar-refractivity contribution in [3.63, 3.8) is 0 Å². The van der Waals surface area contributed by atoms with Crippen LogP contribution < -0.4 is 10.6 Å². The second-order valence-corrected chi connectivity index (χ2v) is 4.57. The van der Waals surface area contributed by atoms with Gasteiger partial charge in [0.05, 0.1) is 0 Å². The van der Waals surface area contributed by atoms with E-state index in [9.17, 15) is 9.59 Å². The molecule has 0 radical (unpaired) electrons. The molecule has 3 N–H and O–H groups in total. The highest BCUT2D eigenvalue weighted by atomic mass is 16.4. The van der Waals surface area contributed by atoms with Crippen molar-refractivity contribution in [2.45, 2.75) is 44.6 Å². The van der Waals surface area contributed by atoms with Crippen molar-refractivity contribution in [2.75, 3.05) is 6.54 Å². The van der Waals surface area contributed by atoms with Gasteiger partial charge in [-0.25, -0.2) is 0 Å². The SMILES string of the molecule is N#C/C(=C/NC1CCCC1)C(=O)NCCCC(=O)O. The van der Waals surface area contributed by atoms with Gasteiger partial charge < -0.3 is 15.7 Å². The summed E-state index contributed by atoms with van der Waals surface area (Å²) in [7, 11) is 0. The smallest absolute Gasteiger partial charge is 0.303 e. The van der Waals surface area contributed by atoms with E-state index in [1.165, 1.54) is 19.0 Å². The number of aliphatic carboxylic acids is 1. The van der Waals surface area contributed by atoms with Gasteiger partial charge in [-0.15, -0.1) is 0 Å². The van der Waals surface area contributed by atoms with E-state index in [1.807, 2.05) is 6.07 Å². The fraction of sp³-hybridized carbons (Fsp3) is 0.615. The summed E-state index contributed by atoms with van der Waals surface area (Å²) < 4.78 is 0. The average Bonchev–Trinajstić information content (AvgIpc) is 2.88. The van der Waals surface area contributed by atoms with Crippen LogP contribution in [0.2, 0.25) is 0 Å². The number of carbonyl (C=O) groups is 2. The fourth-order valence-electron chi connectivity index (χ4n) is 1.98. The average molecular weight is 265 g/mol. The summed E-state index contributed by atoms with van der Waals surface area (Å²) in [6.07, 6.45) is 6.30. The van der Waals surface area contributed by atoms with Crippen molar-refractivity contribution in [3.05, 3.63) is 11.8 Å². The van der Waals surface area contributed by atoms with Gasteiger partial charge >= 0.3 is 5.97 Å². The summed E-state index contributed by atoms with van der Waals surface area (Å²) in [5.74, 6) is -1.36. The third-order valence-electron chi connectivity index (χ3n) is 3.04. The van der Waals surface area contributed by atoms with Crippen LogP contribution in [0.4, 0.5) is 0 Å².